The summed E-state index contributed by atoms with van der Waals surface area (Å²) in [6.45, 7) is 2.11. The number of aliphatic hydroxyl groups excluding tert-OH is 1. The second-order valence-corrected chi connectivity index (χ2v) is 10.2. The van der Waals surface area contributed by atoms with Crippen LogP contribution in [0.25, 0.3) is 0 Å². The monoisotopic (exact) mass is 536 g/mol. The number of phenolic OH excluding ortho intramolecular Hbond substituents is 1. The molecule has 0 aromatic heterocycles. The molecule has 2 saturated carbocycles. The topological polar surface area (TPSA) is 49.7 Å². The number of hydrogen-bond acceptors (Lipinski definition) is 3. The van der Waals surface area contributed by atoms with Crippen LogP contribution in [0.1, 0.15) is 69.8 Å². The van der Waals surface area contributed by atoms with Crippen molar-refractivity contribution in [3.05, 3.63) is 29.8 Å². The fourth-order valence-corrected chi connectivity index (χ4v) is 5.25. The second-order valence-electron chi connectivity index (χ2n) is 7.87. The van der Waals surface area contributed by atoms with E-state index in [0.717, 1.165) is 31.0 Å². The lowest BCUT2D eigenvalue weighted by atomic mass is 9.77. The van der Waals surface area contributed by atoms with Crippen LogP contribution in [0.15, 0.2) is 24.3 Å². The third-order valence-electron chi connectivity index (χ3n) is 5.94. The molecule has 2 unspecified atom stereocenters. The average molecular weight is 536 g/mol. The third-order valence-corrected chi connectivity index (χ3v) is 6.77. The number of rotatable bonds is 4. The van der Waals surface area contributed by atoms with Crippen LogP contribution in [0.2, 0.25) is 0 Å². The van der Waals surface area contributed by atoms with Gasteiger partial charge in [0, 0.05) is 5.30 Å². The Morgan fingerprint density at radius 2 is 1.54 bits per heavy atom. The van der Waals surface area contributed by atoms with E-state index in [0.29, 0.717) is 23.5 Å². The summed E-state index contributed by atoms with van der Waals surface area (Å²) in [6.07, 6.45) is 13.8. The highest BCUT2D eigenvalue weighted by atomic mass is 127. The molecular formula is C22H35IO3P2. The largest absolute Gasteiger partial charge is 0.504 e. The van der Waals surface area contributed by atoms with Crippen molar-refractivity contribution >= 4 is 46.6 Å². The Bertz CT molecular complexity index is 622. The molecule has 0 aliphatic heterocycles. The zero-order chi connectivity index (χ0) is 20.5. The maximum Gasteiger partial charge on any atom is 0.171 e. The number of hydrogen-bond donors (Lipinski definition) is 2. The number of halogens is 1. The Kier molecular flexibility index (Phi) is 11.1. The first-order valence-corrected chi connectivity index (χ1v) is 13.0. The maximum absolute atomic E-state index is 9.89. The predicted octanol–water partition coefficient (Wildman–Crippen LogP) is 5.88. The summed E-state index contributed by atoms with van der Waals surface area (Å²) in [7, 11) is 4.96. The Morgan fingerprint density at radius 1 is 1.04 bits per heavy atom. The molecule has 3 rings (SSSR count). The molecule has 0 bridgehead atoms. The summed E-state index contributed by atoms with van der Waals surface area (Å²) in [6, 6.07) is 3.78. The maximum atomic E-state index is 9.89. The zero-order valence-electron chi connectivity index (χ0n) is 16.8. The van der Waals surface area contributed by atoms with Crippen LogP contribution in [0.3, 0.4) is 0 Å². The fraction of sp³-hybridized carbons (Fsp3) is 0.636. The van der Waals surface area contributed by atoms with E-state index < -0.39 is 0 Å². The van der Waals surface area contributed by atoms with Crippen LogP contribution in [-0.4, -0.2) is 20.7 Å². The van der Waals surface area contributed by atoms with Crippen molar-refractivity contribution < 1.29 is 14.7 Å². The summed E-state index contributed by atoms with van der Waals surface area (Å²) in [5.74, 6) is 2.64. The molecule has 1 aromatic rings. The predicted molar refractivity (Wildman–Crippen MR) is 134 cm³/mol. The molecule has 3 nitrogen and oxygen atoms in total. The Balaban J connectivity index is 0.000000878. The summed E-state index contributed by atoms with van der Waals surface area (Å²) >= 11 is 2.29. The standard InChI is InChI=1S/C20H30O3P2.C2H5I/c21-16-9-5-14(6-10-16)2-1-13-3-7-15(8-4-13)17-11-12-18(22)19(23-25)20(17)24;1-2-3/h1-2,11-16,21-22H,3-10,24-25H2;2H2,1H3/b2-1+;. The van der Waals surface area contributed by atoms with Gasteiger partial charge in [0.2, 0.25) is 0 Å². The van der Waals surface area contributed by atoms with E-state index in [9.17, 15) is 10.2 Å². The van der Waals surface area contributed by atoms with Gasteiger partial charge in [-0.1, -0.05) is 47.7 Å². The smallest absolute Gasteiger partial charge is 0.171 e. The molecule has 2 aliphatic rings. The van der Waals surface area contributed by atoms with Gasteiger partial charge in [-0.15, -0.1) is 9.24 Å². The Labute approximate surface area is 188 Å². The molecule has 0 radical (unpaired) electrons. The van der Waals surface area contributed by atoms with Crippen LogP contribution in [0.5, 0.6) is 11.5 Å². The Hall–Kier alpha value is 0.110. The quantitative estimate of drug-likeness (QED) is 0.219. The molecule has 0 saturated heterocycles. The van der Waals surface area contributed by atoms with Crippen molar-refractivity contribution in [2.24, 2.45) is 11.8 Å². The molecule has 2 aliphatic carbocycles. The van der Waals surface area contributed by atoms with E-state index in [-0.39, 0.29) is 11.9 Å². The summed E-state index contributed by atoms with van der Waals surface area (Å²) < 4.78 is 6.48. The molecule has 28 heavy (non-hydrogen) atoms. The molecule has 2 atom stereocenters. The van der Waals surface area contributed by atoms with Gasteiger partial charge in [-0.25, -0.2) is 0 Å². The molecule has 158 valence electrons. The summed E-state index contributed by atoms with van der Waals surface area (Å²) in [5, 5.41) is 20.5. The number of allylic oxidation sites excluding steroid dienone is 2. The van der Waals surface area contributed by atoms with Gasteiger partial charge in [0.15, 0.2) is 11.5 Å². The van der Waals surface area contributed by atoms with Crippen LogP contribution in [0, 0.1) is 11.8 Å². The Morgan fingerprint density at radius 3 is 2.04 bits per heavy atom. The third kappa shape index (κ3) is 7.11. The lowest BCUT2D eigenvalue weighted by Gasteiger charge is -2.29. The normalized spacial score (nSPS) is 27.9. The van der Waals surface area contributed by atoms with Crippen molar-refractivity contribution in [3.8, 4) is 11.5 Å². The van der Waals surface area contributed by atoms with E-state index >= 15 is 0 Å². The molecule has 6 heteroatoms. The minimum absolute atomic E-state index is 0.0677. The van der Waals surface area contributed by atoms with Gasteiger partial charge in [-0.3, -0.25) is 0 Å². The molecule has 0 heterocycles. The van der Waals surface area contributed by atoms with Crippen molar-refractivity contribution in [2.75, 3.05) is 4.43 Å². The number of aliphatic hydroxyl groups is 1. The molecule has 0 spiro atoms. The molecule has 0 amide bonds. The minimum Gasteiger partial charge on any atom is -0.504 e. The van der Waals surface area contributed by atoms with E-state index in [1.165, 1.54) is 35.7 Å². The molecule has 2 fully saturated rings. The van der Waals surface area contributed by atoms with Gasteiger partial charge >= 0.3 is 0 Å². The summed E-state index contributed by atoms with van der Waals surface area (Å²) in [5.41, 5.74) is 1.28. The highest BCUT2D eigenvalue weighted by Gasteiger charge is 2.24. The minimum atomic E-state index is -0.0677. The number of aromatic hydroxyl groups is 1. The lowest BCUT2D eigenvalue weighted by Crippen LogP contribution is -2.18. The van der Waals surface area contributed by atoms with Crippen molar-refractivity contribution in [1.29, 1.82) is 0 Å². The zero-order valence-corrected chi connectivity index (χ0v) is 21.3. The first kappa shape index (κ1) is 24.4. The highest BCUT2D eigenvalue weighted by molar-refractivity contribution is 14.1. The number of benzene rings is 1. The van der Waals surface area contributed by atoms with Crippen LogP contribution in [-0.2, 0) is 0 Å². The van der Waals surface area contributed by atoms with Crippen LogP contribution in [0.4, 0.5) is 0 Å². The van der Waals surface area contributed by atoms with Crippen LogP contribution < -0.4 is 9.83 Å². The van der Waals surface area contributed by atoms with E-state index in [2.05, 4.69) is 60.4 Å². The average Bonchev–Trinajstić information content (AvgIpc) is 2.69. The van der Waals surface area contributed by atoms with Gasteiger partial charge in [-0.2, -0.15) is 0 Å². The van der Waals surface area contributed by atoms with Gasteiger partial charge < -0.3 is 14.7 Å². The van der Waals surface area contributed by atoms with Crippen molar-refractivity contribution in [1.82, 2.24) is 0 Å². The molecular weight excluding hydrogens is 501 g/mol. The fourth-order valence-electron chi connectivity index (χ4n) is 4.31. The second kappa shape index (κ2) is 12.7. The van der Waals surface area contributed by atoms with Crippen molar-refractivity contribution in [2.45, 2.75) is 70.3 Å². The van der Waals surface area contributed by atoms with Gasteiger partial charge in [-0.05, 0) is 85.2 Å². The molecule has 1 aromatic carbocycles. The van der Waals surface area contributed by atoms with Gasteiger partial charge in [0.25, 0.3) is 0 Å². The first-order valence-electron chi connectivity index (χ1n) is 10.4. The summed E-state index contributed by atoms with van der Waals surface area (Å²) in [4.78, 5) is 0. The lowest BCUT2D eigenvalue weighted by molar-refractivity contribution is 0.118. The number of alkyl halides is 1. The van der Waals surface area contributed by atoms with E-state index in [1.54, 1.807) is 6.07 Å². The van der Waals surface area contributed by atoms with Crippen LogP contribution >= 0.6 is 41.3 Å². The molecule has 2 N–H and O–H groups in total. The van der Waals surface area contributed by atoms with E-state index in [4.69, 9.17) is 4.52 Å². The highest BCUT2D eigenvalue weighted by Crippen LogP contribution is 2.39. The van der Waals surface area contributed by atoms with E-state index in [1.807, 2.05) is 6.07 Å². The number of phenols is 1. The van der Waals surface area contributed by atoms with Gasteiger partial charge in [0.05, 0.1) is 15.6 Å². The van der Waals surface area contributed by atoms with Gasteiger partial charge in [0.1, 0.15) is 0 Å². The van der Waals surface area contributed by atoms with Crippen molar-refractivity contribution in [3.63, 3.8) is 0 Å². The first-order chi connectivity index (χ1) is 13.5. The SMILES string of the molecule is CCI.Oc1ccc(C2CCC(/C=C/C3CCC(O)CC3)CC2)c(P)c1OP.